The third kappa shape index (κ3) is 4.39. The van der Waals surface area contributed by atoms with Crippen LogP contribution in [0.5, 0.6) is 5.75 Å². The van der Waals surface area contributed by atoms with E-state index in [0.29, 0.717) is 15.4 Å². The predicted octanol–water partition coefficient (Wildman–Crippen LogP) is 2.97. The Morgan fingerprint density at radius 2 is 1.90 bits per heavy atom. The topological polar surface area (TPSA) is 129 Å². The summed E-state index contributed by atoms with van der Waals surface area (Å²) in [5, 5.41) is 11.3. The van der Waals surface area contributed by atoms with Crippen LogP contribution in [0.1, 0.15) is 5.76 Å². The summed E-state index contributed by atoms with van der Waals surface area (Å²) in [6, 6.07) is 10.6. The van der Waals surface area contributed by atoms with Gasteiger partial charge in [-0.05, 0) is 36.4 Å². The first-order valence-electron chi connectivity index (χ1n) is 8.37. The number of hydrogen-bond donors (Lipinski definition) is 0. The average Bonchev–Trinajstić information content (AvgIpc) is 3.14. The number of nitro benzene ring substituents is 1. The van der Waals surface area contributed by atoms with Crippen molar-refractivity contribution in [1.29, 1.82) is 0 Å². The van der Waals surface area contributed by atoms with Crippen molar-refractivity contribution >= 4 is 32.6 Å². The number of carbonyl (C=O) groups excluding carboxylic acids is 1. The quantitative estimate of drug-likeness (QED) is 0.388. The van der Waals surface area contributed by atoms with Crippen LogP contribution in [0.15, 0.2) is 57.8 Å². The van der Waals surface area contributed by atoms with Gasteiger partial charge in [0.15, 0.2) is 0 Å². The lowest BCUT2D eigenvalue weighted by Crippen LogP contribution is -2.35. The fourth-order valence-electron chi connectivity index (χ4n) is 2.74. The highest BCUT2D eigenvalue weighted by atomic mass is 32.2. The van der Waals surface area contributed by atoms with E-state index in [-0.39, 0.29) is 21.9 Å². The summed E-state index contributed by atoms with van der Waals surface area (Å²) >= 11 is 0. The smallest absolute Gasteiger partial charge is 0.363 e. The summed E-state index contributed by atoms with van der Waals surface area (Å²) in [5.41, 5.74) is 0.115. The summed E-state index contributed by atoms with van der Waals surface area (Å²) in [7, 11) is -2.83. The van der Waals surface area contributed by atoms with Gasteiger partial charge in [-0.15, -0.1) is 0 Å². The highest BCUT2D eigenvalue weighted by molar-refractivity contribution is 7.89. The summed E-state index contributed by atoms with van der Waals surface area (Å²) in [4.78, 5) is 24.7. The van der Waals surface area contributed by atoms with Gasteiger partial charge in [0.25, 0.3) is 5.69 Å². The average molecular weight is 438 g/mol. The second kappa shape index (κ2) is 8.47. The molecule has 0 unspecified atom stereocenters. The molecule has 3 aromatic rings. The van der Waals surface area contributed by atoms with Crippen LogP contribution in [0, 0.1) is 10.1 Å². The number of sulfonamides is 1. The molecule has 1 aromatic heterocycles. The van der Waals surface area contributed by atoms with Crippen molar-refractivity contribution in [2.24, 2.45) is 0 Å². The number of halogens is 1. The maximum atomic E-state index is 13.0. The Labute approximate surface area is 169 Å². The van der Waals surface area contributed by atoms with Crippen molar-refractivity contribution in [3.8, 4) is 5.75 Å². The molecule has 0 fully saturated rings. The number of carbonyl (C=O) groups is 1. The molecule has 1 heterocycles. The number of methoxy groups -OCH3 is 1. The van der Waals surface area contributed by atoms with Crippen molar-refractivity contribution in [1.82, 2.24) is 4.31 Å². The molecule has 0 saturated carbocycles. The molecule has 0 amide bonds. The Balaban J connectivity index is 1.96. The largest absolute Gasteiger partial charge is 0.497 e. The van der Waals surface area contributed by atoms with Gasteiger partial charge in [0.2, 0.25) is 10.0 Å². The van der Waals surface area contributed by atoms with Crippen LogP contribution >= 0.6 is 0 Å². The zero-order valence-electron chi connectivity index (χ0n) is 15.5. The van der Waals surface area contributed by atoms with Crippen molar-refractivity contribution in [2.75, 3.05) is 13.7 Å². The molecule has 10 nitrogen and oxygen atoms in total. The minimum atomic E-state index is -4.25. The standard InChI is InChI=1S/C18H15FN2O8S/c1-27-14-3-5-16(6-4-14)30(25,26)20(11-18(22)29-19)10-15-9-12-8-13(21(23)24)2-7-17(12)28-15/h2-9H,10-11H2,1H3. The van der Waals surface area contributed by atoms with Crippen molar-refractivity contribution in [2.45, 2.75) is 11.4 Å². The zero-order chi connectivity index (χ0) is 21.9. The SMILES string of the molecule is COc1ccc(S(=O)(=O)N(CC(=O)OF)Cc2cc3cc([N+](=O)[O-])ccc3o2)cc1. The molecule has 0 atom stereocenters. The molecule has 0 aliphatic heterocycles. The Hall–Kier alpha value is -3.51. The highest BCUT2D eigenvalue weighted by Crippen LogP contribution is 2.27. The lowest BCUT2D eigenvalue weighted by molar-refractivity contribution is -0.384. The molecular weight excluding hydrogens is 423 g/mol. The first kappa shape index (κ1) is 21.2. The van der Waals surface area contributed by atoms with Crippen molar-refractivity contribution in [3.63, 3.8) is 0 Å². The second-order valence-corrected chi connectivity index (χ2v) is 8.03. The predicted molar refractivity (Wildman–Crippen MR) is 101 cm³/mol. The Morgan fingerprint density at radius 1 is 1.20 bits per heavy atom. The van der Waals surface area contributed by atoms with E-state index in [9.17, 15) is 27.9 Å². The van der Waals surface area contributed by atoms with Gasteiger partial charge in [-0.1, -0.05) is 0 Å². The number of rotatable bonds is 8. The van der Waals surface area contributed by atoms with E-state index < -0.39 is 34.0 Å². The fourth-order valence-corrected chi connectivity index (χ4v) is 4.09. The summed E-state index contributed by atoms with van der Waals surface area (Å²) in [6.45, 7) is -1.35. The van der Waals surface area contributed by atoms with Crippen LogP contribution in [0.3, 0.4) is 0 Å². The van der Waals surface area contributed by atoms with Crippen LogP contribution < -0.4 is 4.74 Å². The van der Waals surface area contributed by atoms with Crippen molar-refractivity contribution < 1.29 is 36.8 Å². The Bertz CT molecular complexity index is 1190. The maximum Gasteiger partial charge on any atom is 0.363 e. The number of hydrogen-bond acceptors (Lipinski definition) is 8. The minimum Gasteiger partial charge on any atom is -0.497 e. The summed E-state index contributed by atoms with van der Waals surface area (Å²) in [5.74, 6) is -0.907. The number of furan rings is 1. The van der Waals surface area contributed by atoms with Crippen LogP contribution in [0.4, 0.5) is 10.2 Å². The number of benzene rings is 2. The molecular formula is C18H15FN2O8S. The van der Waals surface area contributed by atoms with Gasteiger partial charge < -0.3 is 9.15 Å². The molecule has 12 heteroatoms. The molecule has 0 saturated heterocycles. The molecule has 2 aromatic carbocycles. The van der Waals surface area contributed by atoms with Gasteiger partial charge in [-0.3, -0.25) is 15.1 Å². The van der Waals surface area contributed by atoms with Gasteiger partial charge in [0, 0.05) is 22.0 Å². The van der Waals surface area contributed by atoms with E-state index in [2.05, 4.69) is 4.94 Å². The van der Waals surface area contributed by atoms with Gasteiger partial charge in [0.05, 0.1) is 23.5 Å². The maximum absolute atomic E-state index is 13.0. The Morgan fingerprint density at radius 3 is 2.50 bits per heavy atom. The molecule has 0 radical (unpaired) electrons. The molecule has 30 heavy (non-hydrogen) atoms. The zero-order valence-corrected chi connectivity index (χ0v) is 16.3. The molecule has 0 spiro atoms. The second-order valence-electron chi connectivity index (χ2n) is 6.09. The Kier molecular flexibility index (Phi) is 5.99. The molecule has 0 bridgehead atoms. The van der Waals surface area contributed by atoms with E-state index in [0.717, 1.165) is 0 Å². The van der Waals surface area contributed by atoms with E-state index >= 15 is 0 Å². The monoisotopic (exact) mass is 438 g/mol. The first-order valence-corrected chi connectivity index (χ1v) is 9.81. The first-order chi connectivity index (χ1) is 14.2. The van der Waals surface area contributed by atoms with E-state index in [1.54, 1.807) is 0 Å². The normalized spacial score (nSPS) is 11.6. The van der Waals surface area contributed by atoms with Gasteiger partial charge in [-0.2, -0.15) is 4.31 Å². The van der Waals surface area contributed by atoms with Crippen LogP contribution in [-0.4, -0.2) is 37.3 Å². The summed E-state index contributed by atoms with van der Waals surface area (Å²) < 4.78 is 49.4. The highest BCUT2D eigenvalue weighted by Gasteiger charge is 2.29. The molecule has 158 valence electrons. The summed E-state index contributed by atoms with van der Waals surface area (Å²) in [6.07, 6.45) is 0. The van der Waals surface area contributed by atoms with E-state index in [1.165, 1.54) is 55.6 Å². The number of ether oxygens (including phenoxy) is 1. The number of nitrogens with zero attached hydrogens (tertiary/aromatic N) is 2. The van der Waals surface area contributed by atoms with Crippen LogP contribution in [0.2, 0.25) is 0 Å². The minimum absolute atomic E-state index is 0.0919. The molecule has 3 rings (SSSR count). The molecule has 0 N–H and O–H groups in total. The lowest BCUT2D eigenvalue weighted by atomic mass is 10.2. The van der Waals surface area contributed by atoms with E-state index in [1.807, 2.05) is 0 Å². The molecule has 0 aliphatic carbocycles. The van der Waals surface area contributed by atoms with E-state index in [4.69, 9.17) is 9.15 Å². The lowest BCUT2D eigenvalue weighted by Gasteiger charge is -2.19. The molecule has 0 aliphatic rings. The third-order valence-corrected chi connectivity index (χ3v) is 5.99. The van der Waals surface area contributed by atoms with Crippen LogP contribution in [0.25, 0.3) is 11.0 Å². The van der Waals surface area contributed by atoms with Gasteiger partial charge in [0.1, 0.15) is 23.6 Å². The van der Waals surface area contributed by atoms with Crippen molar-refractivity contribution in [3.05, 3.63) is 64.4 Å². The number of nitro groups is 1. The number of non-ortho nitro benzene ring substituents is 1. The third-order valence-electron chi connectivity index (χ3n) is 4.18. The fraction of sp³-hybridized carbons (Fsp3) is 0.167. The number of fused-ring (bicyclic) bond motifs is 1. The van der Waals surface area contributed by atoms with Gasteiger partial charge in [-0.25, -0.2) is 13.2 Å². The van der Waals surface area contributed by atoms with Gasteiger partial charge >= 0.3 is 5.97 Å². The van der Waals surface area contributed by atoms with Crippen LogP contribution in [-0.2, 0) is 26.3 Å².